The molecule has 140 valence electrons. The number of para-hydroxylation sites is 1. The Morgan fingerprint density at radius 1 is 1.19 bits per heavy atom. The van der Waals surface area contributed by atoms with Gasteiger partial charge in [0.15, 0.2) is 21.8 Å². The average Bonchev–Trinajstić information content (AvgIpc) is 2.61. The standard InChI is InChI=1S/C19H18N2O5S/c1-11-8-9-13(27(3,24)25)10-15(11)19(23)26-12(2)17-20-16-7-5-4-6-14(16)18(22)21-17/h4-10,12H,1-3H3,(H,20,21,22)/t12-/m1/s1. The zero-order valence-corrected chi connectivity index (χ0v) is 15.8. The minimum Gasteiger partial charge on any atom is -0.451 e. The number of hydrogen-bond donors (Lipinski definition) is 1. The summed E-state index contributed by atoms with van der Waals surface area (Å²) in [5.41, 5.74) is 0.899. The van der Waals surface area contributed by atoms with Gasteiger partial charge in [0.2, 0.25) is 0 Å². The van der Waals surface area contributed by atoms with E-state index in [1.54, 1.807) is 44.2 Å². The molecular formula is C19H18N2O5S. The summed E-state index contributed by atoms with van der Waals surface area (Å²) in [6.07, 6.45) is 0.246. The molecule has 0 spiro atoms. The second-order valence-electron chi connectivity index (χ2n) is 6.26. The van der Waals surface area contributed by atoms with E-state index in [-0.39, 0.29) is 21.8 Å². The van der Waals surface area contributed by atoms with Crippen molar-refractivity contribution < 1.29 is 17.9 Å². The number of fused-ring (bicyclic) bond motifs is 1. The lowest BCUT2D eigenvalue weighted by molar-refractivity contribution is 0.0319. The van der Waals surface area contributed by atoms with Crippen LogP contribution in [-0.4, -0.2) is 30.6 Å². The molecule has 0 fully saturated rings. The van der Waals surface area contributed by atoms with Crippen LogP contribution in [0.25, 0.3) is 10.9 Å². The summed E-state index contributed by atoms with van der Waals surface area (Å²) >= 11 is 0. The van der Waals surface area contributed by atoms with Gasteiger partial charge in [0.1, 0.15) is 0 Å². The molecule has 0 unspecified atom stereocenters. The van der Waals surface area contributed by atoms with Gasteiger partial charge in [-0.3, -0.25) is 4.79 Å². The number of nitrogens with zero attached hydrogens (tertiary/aromatic N) is 1. The number of ether oxygens (including phenoxy) is 1. The third-order valence-electron chi connectivity index (χ3n) is 4.16. The Morgan fingerprint density at radius 2 is 1.89 bits per heavy atom. The number of H-pyrrole nitrogens is 1. The van der Waals surface area contributed by atoms with Gasteiger partial charge in [-0.1, -0.05) is 18.2 Å². The van der Waals surface area contributed by atoms with Gasteiger partial charge in [0.25, 0.3) is 5.56 Å². The first-order valence-electron chi connectivity index (χ1n) is 8.17. The van der Waals surface area contributed by atoms with E-state index in [0.29, 0.717) is 16.5 Å². The number of rotatable bonds is 4. The van der Waals surface area contributed by atoms with Crippen molar-refractivity contribution in [3.63, 3.8) is 0 Å². The fraction of sp³-hybridized carbons (Fsp3) is 0.211. The molecule has 2 aromatic carbocycles. The van der Waals surface area contributed by atoms with Crippen LogP contribution in [0.4, 0.5) is 0 Å². The molecule has 1 aromatic heterocycles. The summed E-state index contributed by atoms with van der Waals surface area (Å²) in [7, 11) is -3.45. The lowest BCUT2D eigenvalue weighted by Gasteiger charge is -2.14. The second kappa shape index (κ2) is 6.96. The number of carbonyl (C=O) groups is 1. The fourth-order valence-electron chi connectivity index (χ4n) is 2.63. The van der Waals surface area contributed by atoms with Gasteiger partial charge in [-0.25, -0.2) is 18.2 Å². The molecule has 27 heavy (non-hydrogen) atoms. The molecule has 1 atom stereocenters. The number of aromatic amines is 1. The maximum Gasteiger partial charge on any atom is 0.339 e. The molecule has 8 heteroatoms. The molecular weight excluding hydrogens is 368 g/mol. The maximum absolute atomic E-state index is 12.5. The first-order chi connectivity index (χ1) is 12.7. The summed E-state index contributed by atoms with van der Waals surface area (Å²) in [6.45, 7) is 3.27. The zero-order chi connectivity index (χ0) is 19.8. The summed E-state index contributed by atoms with van der Waals surface area (Å²) in [6, 6.07) is 11.1. The highest BCUT2D eigenvalue weighted by Gasteiger charge is 2.20. The Morgan fingerprint density at radius 3 is 2.59 bits per heavy atom. The number of aromatic nitrogens is 2. The van der Waals surface area contributed by atoms with Crippen molar-refractivity contribution in [1.29, 1.82) is 0 Å². The van der Waals surface area contributed by atoms with Crippen LogP contribution in [0.1, 0.15) is 34.8 Å². The minimum atomic E-state index is -3.45. The van der Waals surface area contributed by atoms with Gasteiger partial charge in [-0.15, -0.1) is 0 Å². The molecule has 0 aliphatic heterocycles. The molecule has 1 N–H and O–H groups in total. The lowest BCUT2D eigenvalue weighted by atomic mass is 10.1. The summed E-state index contributed by atoms with van der Waals surface area (Å²) < 4.78 is 28.9. The van der Waals surface area contributed by atoms with Crippen LogP contribution in [0, 0.1) is 6.92 Å². The van der Waals surface area contributed by atoms with Gasteiger partial charge in [-0.2, -0.15) is 0 Å². The average molecular weight is 386 g/mol. The summed E-state index contributed by atoms with van der Waals surface area (Å²) in [5, 5.41) is 0.441. The van der Waals surface area contributed by atoms with Crippen LogP contribution in [-0.2, 0) is 14.6 Å². The number of carbonyl (C=O) groups excluding carboxylic acids is 1. The highest BCUT2D eigenvalue weighted by atomic mass is 32.2. The molecule has 0 saturated heterocycles. The van der Waals surface area contributed by atoms with Crippen LogP contribution >= 0.6 is 0 Å². The molecule has 0 bridgehead atoms. The van der Waals surface area contributed by atoms with E-state index < -0.39 is 21.9 Å². The topological polar surface area (TPSA) is 106 Å². The molecule has 3 rings (SSSR count). The van der Waals surface area contributed by atoms with E-state index in [0.717, 1.165) is 6.26 Å². The SMILES string of the molecule is Cc1ccc(S(C)(=O)=O)cc1C(=O)O[C@H](C)c1nc2ccccc2c(=O)[nH]1. The number of hydrogen-bond acceptors (Lipinski definition) is 6. The van der Waals surface area contributed by atoms with E-state index in [9.17, 15) is 18.0 Å². The van der Waals surface area contributed by atoms with Crippen molar-refractivity contribution in [3.8, 4) is 0 Å². The van der Waals surface area contributed by atoms with E-state index >= 15 is 0 Å². The van der Waals surface area contributed by atoms with Crippen molar-refractivity contribution in [2.75, 3.05) is 6.26 Å². The van der Waals surface area contributed by atoms with Crippen LogP contribution in [0.2, 0.25) is 0 Å². The van der Waals surface area contributed by atoms with Crippen LogP contribution < -0.4 is 5.56 Å². The Labute approximate surface area is 155 Å². The predicted molar refractivity (Wildman–Crippen MR) is 100 cm³/mol. The molecule has 0 amide bonds. The van der Waals surface area contributed by atoms with Crippen LogP contribution in [0.3, 0.4) is 0 Å². The van der Waals surface area contributed by atoms with Crippen molar-refractivity contribution in [1.82, 2.24) is 9.97 Å². The Hall–Kier alpha value is -3.00. The Bertz CT molecular complexity index is 1200. The normalized spacial score (nSPS) is 12.7. The van der Waals surface area contributed by atoms with Gasteiger partial charge < -0.3 is 9.72 Å². The number of nitrogens with one attached hydrogen (secondary N) is 1. The highest BCUT2D eigenvalue weighted by Crippen LogP contribution is 2.20. The van der Waals surface area contributed by atoms with Crippen LogP contribution in [0.5, 0.6) is 0 Å². The summed E-state index contributed by atoms with van der Waals surface area (Å²) in [4.78, 5) is 31.7. The monoisotopic (exact) mass is 386 g/mol. The first kappa shape index (κ1) is 18.8. The number of esters is 1. The largest absolute Gasteiger partial charge is 0.451 e. The number of sulfone groups is 1. The van der Waals surface area contributed by atoms with Crippen molar-refractivity contribution in [3.05, 3.63) is 69.8 Å². The first-order valence-corrected chi connectivity index (χ1v) is 10.1. The van der Waals surface area contributed by atoms with Gasteiger partial charge in [-0.05, 0) is 43.7 Å². The number of aryl methyl sites for hydroxylation is 1. The zero-order valence-electron chi connectivity index (χ0n) is 15.0. The van der Waals surface area contributed by atoms with Gasteiger partial charge in [0, 0.05) is 6.26 Å². The third-order valence-corrected chi connectivity index (χ3v) is 5.27. The maximum atomic E-state index is 12.5. The molecule has 7 nitrogen and oxygen atoms in total. The Kier molecular flexibility index (Phi) is 4.84. The van der Waals surface area contributed by atoms with Gasteiger partial charge in [0.05, 0.1) is 21.4 Å². The third kappa shape index (κ3) is 3.90. The van der Waals surface area contributed by atoms with Crippen LogP contribution in [0.15, 0.2) is 52.2 Å². The molecule has 0 aliphatic carbocycles. The van der Waals surface area contributed by atoms with Crippen molar-refractivity contribution in [2.45, 2.75) is 24.8 Å². The highest BCUT2D eigenvalue weighted by molar-refractivity contribution is 7.90. The van der Waals surface area contributed by atoms with Crippen molar-refractivity contribution in [2.24, 2.45) is 0 Å². The van der Waals surface area contributed by atoms with Gasteiger partial charge >= 0.3 is 5.97 Å². The molecule has 0 radical (unpaired) electrons. The van der Waals surface area contributed by atoms with E-state index in [1.807, 2.05) is 0 Å². The lowest BCUT2D eigenvalue weighted by Crippen LogP contribution is -2.18. The summed E-state index contributed by atoms with van der Waals surface area (Å²) in [5.74, 6) is -0.481. The molecule has 3 aromatic rings. The van der Waals surface area contributed by atoms with E-state index in [1.165, 1.54) is 12.1 Å². The quantitative estimate of drug-likeness (QED) is 0.691. The molecule has 0 aliphatic rings. The van der Waals surface area contributed by atoms with E-state index in [4.69, 9.17) is 4.74 Å². The fourth-order valence-corrected chi connectivity index (χ4v) is 3.28. The smallest absolute Gasteiger partial charge is 0.339 e. The second-order valence-corrected chi connectivity index (χ2v) is 8.28. The minimum absolute atomic E-state index is 0.0324. The molecule has 1 heterocycles. The number of benzene rings is 2. The van der Waals surface area contributed by atoms with Crippen molar-refractivity contribution >= 4 is 26.7 Å². The molecule has 0 saturated carbocycles. The Balaban J connectivity index is 1.92. The van der Waals surface area contributed by atoms with E-state index in [2.05, 4.69) is 9.97 Å². The predicted octanol–water partition coefficient (Wildman–Crippen LogP) is 2.55.